The van der Waals surface area contributed by atoms with Gasteiger partial charge in [-0.25, -0.2) is 0 Å². The van der Waals surface area contributed by atoms with E-state index in [4.69, 9.17) is 23.2 Å². The SMILES string of the molecule is CCC(CC)(CO)NC(=O)[C@@H]1C[C@H]1c1ccc(Cl)c(Cl)c1. The van der Waals surface area contributed by atoms with Gasteiger partial charge in [-0.1, -0.05) is 43.1 Å². The first-order valence-corrected chi connectivity index (χ1v) is 8.09. The van der Waals surface area contributed by atoms with E-state index in [1.54, 1.807) is 6.07 Å². The number of aliphatic hydroxyl groups is 1. The maximum Gasteiger partial charge on any atom is 0.224 e. The highest BCUT2D eigenvalue weighted by molar-refractivity contribution is 6.42. The summed E-state index contributed by atoms with van der Waals surface area (Å²) in [5.41, 5.74) is 0.550. The van der Waals surface area contributed by atoms with Crippen LogP contribution in [0, 0.1) is 5.92 Å². The van der Waals surface area contributed by atoms with Crippen molar-refractivity contribution in [2.24, 2.45) is 5.92 Å². The average molecular weight is 330 g/mol. The molecule has 5 heteroatoms. The first kappa shape index (κ1) is 16.6. The van der Waals surface area contributed by atoms with Crippen LogP contribution in [-0.4, -0.2) is 23.2 Å². The summed E-state index contributed by atoms with van der Waals surface area (Å²) in [6, 6.07) is 5.52. The Labute approximate surface area is 135 Å². The van der Waals surface area contributed by atoms with E-state index >= 15 is 0 Å². The number of carbonyl (C=O) groups excluding carboxylic acids is 1. The Morgan fingerprint density at radius 3 is 2.52 bits per heavy atom. The van der Waals surface area contributed by atoms with Crippen molar-refractivity contribution in [3.63, 3.8) is 0 Å². The van der Waals surface area contributed by atoms with Gasteiger partial charge in [-0.2, -0.15) is 0 Å². The molecule has 116 valence electrons. The first-order valence-electron chi connectivity index (χ1n) is 7.34. The van der Waals surface area contributed by atoms with E-state index in [1.165, 1.54) is 0 Å². The first-order chi connectivity index (χ1) is 9.96. The van der Waals surface area contributed by atoms with Crippen LogP contribution in [0.15, 0.2) is 18.2 Å². The third kappa shape index (κ3) is 3.53. The minimum Gasteiger partial charge on any atom is -0.394 e. The van der Waals surface area contributed by atoms with Crippen molar-refractivity contribution in [2.45, 2.75) is 44.6 Å². The average Bonchev–Trinajstić information content (AvgIpc) is 3.28. The Morgan fingerprint density at radius 1 is 1.33 bits per heavy atom. The minimum absolute atomic E-state index is 0.0174. The number of halogens is 2. The molecule has 0 heterocycles. The fourth-order valence-electron chi connectivity index (χ4n) is 2.64. The van der Waals surface area contributed by atoms with E-state index < -0.39 is 5.54 Å². The number of hydrogen-bond donors (Lipinski definition) is 2. The molecule has 3 nitrogen and oxygen atoms in total. The lowest BCUT2D eigenvalue weighted by Crippen LogP contribution is -2.51. The predicted octanol–water partition coefficient (Wildman–Crippen LogP) is 3.76. The molecule has 1 aromatic carbocycles. The number of rotatable bonds is 6. The molecule has 0 radical (unpaired) electrons. The van der Waals surface area contributed by atoms with Crippen molar-refractivity contribution in [1.82, 2.24) is 5.32 Å². The van der Waals surface area contributed by atoms with Crippen LogP contribution in [-0.2, 0) is 4.79 Å². The van der Waals surface area contributed by atoms with E-state index in [2.05, 4.69) is 5.32 Å². The van der Waals surface area contributed by atoms with Crippen molar-refractivity contribution < 1.29 is 9.90 Å². The summed E-state index contributed by atoms with van der Waals surface area (Å²) in [4.78, 5) is 12.4. The Kier molecular flexibility index (Phi) is 5.18. The standard InChI is InChI=1S/C16H21Cl2NO2/c1-3-16(4-2,9-20)19-15(21)12-8-11(12)10-5-6-13(17)14(18)7-10/h5-7,11-12,20H,3-4,8-9H2,1-2H3,(H,19,21)/t11-,12+/m0/s1. The minimum atomic E-state index is -0.498. The Morgan fingerprint density at radius 2 is 2.00 bits per heavy atom. The zero-order valence-corrected chi connectivity index (χ0v) is 13.8. The maximum atomic E-state index is 12.4. The number of hydrogen-bond acceptors (Lipinski definition) is 2. The molecule has 0 spiro atoms. The smallest absolute Gasteiger partial charge is 0.224 e. The molecule has 0 aliphatic heterocycles. The van der Waals surface area contributed by atoms with E-state index in [0.29, 0.717) is 10.0 Å². The molecule has 1 aliphatic carbocycles. The topological polar surface area (TPSA) is 49.3 Å². The summed E-state index contributed by atoms with van der Waals surface area (Å²) < 4.78 is 0. The molecule has 2 rings (SSSR count). The van der Waals surface area contributed by atoms with E-state index in [-0.39, 0.29) is 24.3 Å². The van der Waals surface area contributed by atoms with Crippen LogP contribution in [0.4, 0.5) is 0 Å². The second kappa shape index (κ2) is 6.55. The van der Waals surface area contributed by atoms with E-state index in [0.717, 1.165) is 24.8 Å². The van der Waals surface area contributed by atoms with Crippen LogP contribution < -0.4 is 5.32 Å². The molecule has 0 unspecified atom stereocenters. The van der Waals surface area contributed by atoms with Gasteiger partial charge in [-0.3, -0.25) is 4.79 Å². The molecule has 1 fully saturated rings. The molecule has 1 aliphatic rings. The van der Waals surface area contributed by atoms with Crippen molar-refractivity contribution in [3.8, 4) is 0 Å². The van der Waals surface area contributed by atoms with Crippen molar-refractivity contribution in [3.05, 3.63) is 33.8 Å². The summed E-state index contributed by atoms with van der Waals surface area (Å²) in [5, 5.41) is 13.6. The lowest BCUT2D eigenvalue weighted by atomic mass is 9.93. The Bertz CT molecular complexity index is 521. The lowest BCUT2D eigenvalue weighted by molar-refractivity contribution is -0.125. The van der Waals surface area contributed by atoms with Gasteiger partial charge in [0.25, 0.3) is 0 Å². The van der Waals surface area contributed by atoms with Gasteiger partial charge in [0.2, 0.25) is 5.91 Å². The quantitative estimate of drug-likeness (QED) is 0.834. The van der Waals surface area contributed by atoms with Crippen molar-refractivity contribution in [1.29, 1.82) is 0 Å². The number of amides is 1. The fourth-order valence-corrected chi connectivity index (χ4v) is 2.95. The number of benzene rings is 1. The van der Waals surface area contributed by atoms with Crippen LogP contribution >= 0.6 is 23.2 Å². The molecule has 2 atom stereocenters. The summed E-state index contributed by atoms with van der Waals surface area (Å²) in [5.74, 6) is 0.181. The molecular weight excluding hydrogens is 309 g/mol. The van der Waals surface area contributed by atoms with Gasteiger partial charge < -0.3 is 10.4 Å². The summed E-state index contributed by atoms with van der Waals surface area (Å²) >= 11 is 11.9. The molecular formula is C16H21Cl2NO2. The van der Waals surface area contributed by atoms with Crippen LogP contribution in [0.25, 0.3) is 0 Å². The molecule has 0 bridgehead atoms. The summed E-state index contributed by atoms with van der Waals surface area (Å²) in [6.45, 7) is 3.92. The second-order valence-electron chi connectivity index (χ2n) is 5.76. The van der Waals surface area contributed by atoms with Crippen molar-refractivity contribution in [2.75, 3.05) is 6.61 Å². The van der Waals surface area contributed by atoms with Crippen molar-refractivity contribution >= 4 is 29.1 Å². The van der Waals surface area contributed by atoms with Crippen LogP contribution in [0.1, 0.15) is 44.6 Å². The molecule has 2 N–H and O–H groups in total. The van der Waals surface area contributed by atoms with Crippen LogP contribution in [0.3, 0.4) is 0 Å². The summed E-state index contributed by atoms with van der Waals surface area (Å²) in [6.07, 6.45) is 2.25. The summed E-state index contributed by atoms with van der Waals surface area (Å²) in [7, 11) is 0. The van der Waals surface area contributed by atoms with Gasteiger partial charge >= 0.3 is 0 Å². The predicted molar refractivity (Wildman–Crippen MR) is 85.9 cm³/mol. The third-order valence-corrected chi connectivity index (χ3v) is 5.28. The van der Waals surface area contributed by atoms with Gasteiger partial charge in [0, 0.05) is 5.92 Å². The van der Waals surface area contributed by atoms with Gasteiger partial charge in [0.05, 0.1) is 22.2 Å². The molecule has 1 saturated carbocycles. The maximum absolute atomic E-state index is 12.4. The zero-order valence-electron chi connectivity index (χ0n) is 12.3. The normalized spacial score (nSPS) is 21.2. The number of aliphatic hydroxyl groups excluding tert-OH is 1. The van der Waals surface area contributed by atoms with E-state index in [9.17, 15) is 9.90 Å². The molecule has 1 aromatic rings. The molecule has 21 heavy (non-hydrogen) atoms. The highest BCUT2D eigenvalue weighted by Crippen LogP contribution is 2.48. The lowest BCUT2D eigenvalue weighted by Gasteiger charge is -2.30. The Balaban J connectivity index is 2.02. The monoisotopic (exact) mass is 329 g/mol. The molecule has 0 saturated heterocycles. The second-order valence-corrected chi connectivity index (χ2v) is 6.57. The molecule has 0 aromatic heterocycles. The van der Waals surface area contributed by atoms with Gasteiger partial charge in [0.15, 0.2) is 0 Å². The van der Waals surface area contributed by atoms with Crippen LogP contribution in [0.5, 0.6) is 0 Å². The largest absolute Gasteiger partial charge is 0.394 e. The van der Waals surface area contributed by atoms with Gasteiger partial charge in [0.1, 0.15) is 0 Å². The zero-order chi connectivity index (χ0) is 15.6. The van der Waals surface area contributed by atoms with E-state index in [1.807, 2.05) is 26.0 Å². The highest BCUT2D eigenvalue weighted by Gasteiger charge is 2.45. The van der Waals surface area contributed by atoms with Crippen LogP contribution in [0.2, 0.25) is 10.0 Å². The highest BCUT2D eigenvalue weighted by atomic mass is 35.5. The fraction of sp³-hybridized carbons (Fsp3) is 0.562. The van der Waals surface area contributed by atoms with Gasteiger partial charge in [-0.05, 0) is 42.9 Å². The number of nitrogens with one attached hydrogen (secondary N) is 1. The third-order valence-electron chi connectivity index (χ3n) is 4.54. The number of carbonyl (C=O) groups is 1. The molecule has 1 amide bonds. The van der Waals surface area contributed by atoms with Gasteiger partial charge in [-0.15, -0.1) is 0 Å². The Hall–Kier alpha value is -0.770.